The van der Waals surface area contributed by atoms with Gasteiger partial charge in [-0.2, -0.15) is 0 Å². The molecule has 2 heterocycles. The van der Waals surface area contributed by atoms with Gasteiger partial charge >= 0.3 is 0 Å². The summed E-state index contributed by atoms with van der Waals surface area (Å²) >= 11 is 0. The van der Waals surface area contributed by atoms with Crippen molar-refractivity contribution in [1.29, 1.82) is 0 Å². The average Bonchev–Trinajstić information content (AvgIpc) is 3.12. The number of aryl methyl sites for hydroxylation is 2. The molecule has 0 saturated carbocycles. The molecule has 2 aromatic heterocycles. The number of nitrogens with zero attached hydrogens (tertiary/aromatic N) is 3. The van der Waals surface area contributed by atoms with Crippen molar-refractivity contribution in [2.45, 2.75) is 19.9 Å². The van der Waals surface area contributed by atoms with E-state index in [1.54, 1.807) is 18.7 Å². The molecule has 0 radical (unpaired) electrons. The Hall–Kier alpha value is -3.67. The molecule has 4 aromatic rings. The van der Waals surface area contributed by atoms with Crippen LogP contribution in [-0.2, 0) is 11.3 Å². The molecule has 4 rings (SSSR count). The van der Waals surface area contributed by atoms with Gasteiger partial charge in [-0.15, -0.1) is 0 Å². The lowest BCUT2D eigenvalue weighted by Gasteiger charge is -2.11. The van der Waals surface area contributed by atoms with Gasteiger partial charge in [0, 0.05) is 24.8 Å². The summed E-state index contributed by atoms with van der Waals surface area (Å²) in [5.41, 5.74) is 3.64. The van der Waals surface area contributed by atoms with Crippen molar-refractivity contribution in [2.75, 3.05) is 5.32 Å². The van der Waals surface area contributed by atoms with Crippen LogP contribution in [0.3, 0.4) is 0 Å². The minimum Gasteiger partial charge on any atom is -0.455 e. The highest BCUT2D eigenvalue weighted by Gasteiger charge is 2.08. The first-order valence-corrected chi connectivity index (χ1v) is 9.07. The first-order valence-electron chi connectivity index (χ1n) is 9.07. The predicted molar refractivity (Wildman–Crippen MR) is 108 cm³/mol. The molecule has 6 heteroatoms. The first kappa shape index (κ1) is 17.7. The number of hydrogen-bond acceptors (Lipinski definition) is 4. The molecule has 1 N–H and O–H groups in total. The van der Waals surface area contributed by atoms with Gasteiger partial charge in [-0.05, 0) is 55.0 Å². The van der Waals surface area contributed by atoms with Crippen molar-refractivity contribution in [3.8, 4) is 11.5 Å². The first-order chi connectivity index (χ1) is 13.7. The molecular weight excluding hydrogens is 352 g/mol. The Bertz CT molecular complexity index is 1110. The van der Waals surface area contributed by atoms with E-state index in [1.165, 1.54) is 0 Å². The number of anilines is 1. The fraction of sp³-hybridized carbons (Fsp3) is 0.136. The summed E-state index contributed by atoms with van der Waals surface area (Å²) in [5, 5.41) is 2.94. The number of rotatable bonds is 6. The van der Waals surface area contributed by atoms with E-state index in [2.05, 4.69) is 15.3 Å². The zero-order valence-corrected chi connectivity index (χ0v) is 15.5. The predicted octanol–water partition coefficient (Wildman–Crippen LogP) is 4.56. The number of nitrogens with one attached hydrogen (secondary N) is 1. The van der Waals surface area contributed by atoms with Crippen LogP contribution < -0.4 is 10.1 Å². The molecule has 0 aliphatic rings. The van der Waals surface area contributed by atoms with Crippen LogP contribution in [-0.4, -0.2) is 20.4 Å². The molecule has 28 heavy (non-hydrogen) atoms. The summed E-state index contributed by atoms with van der Waals surface area (Å²) in [6.07, 6.45) is 5.50. The second-order valence-electron chi connectivity index (χ2n) is 6.50. The molecule has 0 saturated heterocycles. The zero-order chi connectivity index (χ0) is 19.3. The number of para-hydroxylation sites is 2. The molecule has 0 unspecified atom stereocenters. The monoisotopic (exact) mass is 372 g/mol. The Morgan fingerprint density at radius 1 is 1.14 bits per heavy atom. The van der Waals surface area contributed by atoms with Crippen LogP contribution in [0.4, 0.5) is 5.69 Å². The van der Waals surface area contributed by atoms with Crippen molar-refractivity contribution in [3.05, 3.63) is 78.9 Å². The van der Waals surface area contributed by atoms with Gasteiger partial charge < -0.3 is 14.6 Å². The summed E-state index contributed by atoms with van der Waals surface area (Å²) < 4.78 is 7.81. The number of benzene rings is 2. The molecule has 0 aliphatic heterocycles. The number of imidazole rings is 1. The smallest absolute Gasteiger partial charge is 0.226 e. The summed E-state index contributed by atoms with van der Waals surface area (Å²) in [6.45, 7) is 2.52. The molecule has 2 aromatic carbocycles. The molecule has 0 spiro atoms. The lowest BCUT2D eigenvalue weighted by atomic mass is 10.2. The topological polar surface area (TPSA) is 69.0 Å². The van der Waals surface area contributed by atoms with Crippen LogP contribution in [0.5, 0.6) is 11.5 Å². The molecule has 140 valence electrons. The maximum absolute atomic E-state index is 12.3. The van der Waals surface area contributed by atoms with Crippen LogP contribution in [0.25, 0.3) is 11.0 Å². The number of aromatic nitrogens is 3. The standard InChI is InChI=1S/C22H20N4O2/c1-16-13-17(8-9-21(16)28-18-5-4-11-23-14-18)25-22(27)10-12-26-15-24-19-6-2-3-7-20(19)26/h2-9,11,13-15H,10,12H2,1H3,(H,25,27). The summed E-state index contributed by atoms with van der Waals surface area (Å²) in [7, 11) is 0. The van der Waals surface area contributed by atoms with Crippen LogP contribution in [0.1, 0.15) is 12.0 Å². The van der Waals surface area contributed by atoms with E-state index < -0.39 is 0 Å². The van der Waals surface area contributed by atoms with E-state index in [0.29, 0.717) is 18.7 Å². The Kier molecular flexibility index (Phi) is 5.01. The van der Waals surface area contributed by atoms with Gasteiger partial charge in [0.15, 0.2) is 0 Å². The third kappa shape index (κ3) is 4.01. The zero-order valence-electron chi connectivity index (χ0n) is 15.5. The second-order valence-corrected chi connectivity index (χ2v) is 6.50. The second kappa shape index (κ2) is 7.92. The summed E-state index contributed by atoms with van der Waals surface area (Å²) in [6, 6.07) is 17.1. The molecule has 0 fully saturated rings. The van der Waals surface area contributed by atoms with Crippen molar-refractivity contribution in [1.82, 2.24) is 14.5 Å². The third-order valence-electron chi connectivity index (χ3n) is 4.43. The third-order valence-corrected chi connectivity index (χ3v) is 4.43. The van der Waals surface area contributed by atoms with E-state index in [9.17, 15) is 4.79 Å². The Labute approximate surface area is 162 Å². The number of pyridine rings is 1. The quantitative estimate of drug-likeness (QED) is 0.539. The highest BCUT2D eigenvalue weighted by molar-refractivity contribution is 5.91. The highest BCUT2D eigenvalue weighted by Crippen LogP contribution is 2.26. The molecule has 6 nitrogen and oxygen atoms in total. The maximum Gasteiger partial charge on any atom is 0.226 e. The van der Waals surface area contributed by atoms with E-state index in [4.69, 9.17) is 4.74 Å². The number of carbonyl (C=O) groups is 1. The Morgan fingerprint density at radius 3 is 2.86 bits per heavy atom. The van der Waals surface area contributed by atoms with Crippen LogP contribution in [0, 0.1) is 6.92 Å². The van der Waals surface area contributed by atoms with Gasteiger partial charge in [0.2, 0.25) is 5.91 Å². The normalized spacial score (nSPS) is 10.8. The number of fused-ring (bicyclic) bond motifs is 1. The van der Waals surface area contributed by atoms with E-state index >= 15 is 0 Å². The lowest BCUT2D eigenvalue weighted by Crippen LogP contribution is -2.14. The molecule has 0 atom stereocenters. The Morgan fingerprint density at radius 2 is 2.04 bits per heavy atom. The molecule has 0 bridgehead atoms. The number of hydrogen-bond donors (Lipinski definition) is 1. The number of carbonyl (C=O) groups excluding carboxylic acids is 1. The minimum atomic E-state index is -0.0434. The number of ether oxygens (including phenoxy) is 1. The lowest BCUT2D eigenvalue weighted by molar-refractivity contribution is -0.116. The fourth-order valence-corrected chi connectivity index (χ4v) is 3.01. The van der Waals surface area contributed by atoms with E-state index in [1.807, 2.05) is 66.1 Å². The minimum absolute atomic E-state index is 0.0434. The largest absolute Gasteiger partial charge is 0.455 e. The van der Waals surface area contributed by atoms with Crippen molar-refractivity contribution in [2.24, 2.45) is 0 Å². The van der Waals surface area contributed by atoms with Crippen molar-refractivity contribution < 1.29 is 9.53 Å². The van der Waals surface area contributed by atoms with Crippen molar-refractivity contribution in [3.63, 3.8) is 0 Å². The van der Waals surface area contributed by atoms with Crippen LogP contribution in [0.2, 0.25) is 0 Å². The van der Waals surface area contributed by atoms with Gasteiger partial charge in [0.1, 0.15) is 11.5 Å². The van der Waals surface area contributed by atoms with Gasteiger partial charge in [-0.1, -0.05) is 12.1 Å². The molecular formula is C22H20N4O2. The molecule has 1 amide bonds. The van der Waals surface area contributed by atoms with Crippen LogP contribution >= 0.6 is 0 Å². The van der Waals surface area contributed by atoms with Crippen LogP contribution in [0.15, 0.2) is 73.3 Å². The Balaban J connectivity index is 1.37. The maximum atomic E-state index is 12.3. The van der Waals surface area contributed by atoms with Gasteiger partial charge in [-0.25, -0.2) is 4.98 Å². The van der Waals surface area contributed by atoms with Gasteiger partial charge in [0.05, 0.1) is 23.6 Å². The highest BCUT2D eigenvalue weighted by atomic mass is 16.5. The van der Waals surface area contributed by atoms with Gasteiger partial charge in [-0.3, -0.25) is 9.78 Å². The molecule has 0 aliphatic carbocycles. The SMILES string of the molecule is Cc1cc(NC(=O)CCn2cnc3ccccc32)ccc1Oc1cccnc1. The van der Waals surface area contributed by atoms with E-state index in [0.717, 1.165) is 28.0 Å². The van der Waals surface area contributed by atoms with Gasteiger partial charge in [0.25, 0.3) is 0 Å². The number of amides is 1. The summed E-state index contributed by atoms with van der Waals surface area (Å²) in [4.78, 5) is 20.7. The van der Waals surface area contributed by atoms with Crippen molar-refractivity contribution >= 4 is 22.6 Å². The average molecular weight is 372 g/mol. The van der Waals surface area contributed by atoms with E-state index in [-0.39, 0.29) is 5.91 Å². The summed E-state index contributed by atoms with van der Waals surface area (Å²) in [5.74, 6) is 1.36. The fourth-order valence-electron chi connectivity index (χ4n) is 3.01.